The van der Waals surface area contributed by atoms with Gasteiger partial charge in [0.05, 0.1) is 30.0 Å². The second-order valence-electron chi connectivity index (χ2n) is 7.15. The van der Waals surface area contributed by atoms with Gasteiger partial charge in [0.25, 0.3) is 5.91 Å². The Morgan fingerprint density at radius 2 is 2.27 bits per heavy atom. The SMILES string of the molecule is Cc1nn(C)cc1CN1CC[C@H]2OCCN(C(=O)c3cccnc3)[C@@H]2C1. The summed E-state index contributed by atoms with van der Waals surface area (Å²) in [6.45, 7) is 5.95. The van der Waals surface area contributed by atoms with E-state index in [4.69, 9.17) is 4.74 Å². The second-order valence-corrected chi connectivity index (χ2v) is 7.15. The smallest absolute Gasteiger partial charge is 0.255 e. The lowest BCUT2D eigenvalue weighted by Crippen LogP contribution is -2.61. The van der Waals surface area contributed by atoms with Crippen LogP contribution in [0.5, 0.6) is 0 Å². The Labute approximate surface area is 153 Å². The van der Waals surface area contributed by atoms with Gasteiger partial charge < -0.3 is 9.64 Å². The lowest BCUT2D eigenvalue weighted by Gasteiger charge is -2.47. The first-order valence-corrected chi connectivity index (χ1v) is 9.16. The van der Waals surface area contributed by atoms with Crippen molar-refractivity contribution in [2.45, 2.75) is 32.0 Å². The van der Waals surface area contributed by atoms with Crippen molar-refractivity contribution in [2.24, 2.45) is 7.05 Å². The van der Waals surface area contributed by atoms with Gasteiger partial charge in [-0.15, -0.1) is 0 Å². The minimum absolute atomic E-state index is 0.0517. The zero-order valence-corrected chi connectivity index (χ0v) is 15.3. The van der Waals surface area contributed by atoms with Crippen LogP contribution in [-0.4, -0.2) is 68.9 Å². The van der Waals surface area contributed by atoms with Gasteiger partial charge >= 0.3 is 0 Å². The molecule has 2 aliphatic rings. The summed E-state index contributed by atoms with van der Waals surface area (Å²) in [5.74, 6) is 0.0517. The van der Waals surface area contributed by atoms with E-state index in [0.717, 1.165) is 31.7 Å². The molecule has 7 nitrogen and oxygen atoms in total. The quantitative estimate of drug-likeness (QED) is 0.829. The third kappa shape index (κ3) is 3.37. The van der Waals surface area contributed by atoms with Crippen LogP contribution in [0.25, 0.3) is 0 Å². The molecular formula is C19H25N5O2. The average Bonchev–Trinajstić information content (AvgIpc) is 2.98. The highest BCUT2D eigenvalue weighted by Crippen LogP contribution is 2.26. The van der Waals surface area contributed by atoms with Crippen LogP contribution in [0.1, 0.15) is 28.0 Å². The molecular weight excluding hydrogens is 330 g/mol. The first-order chi connectivity index (χ1) is 12.6. The molecule has 26 heavy (non-hydrogen) atoms. The van der Waals surface area contributed by atoms with Gasteiger partial charge in [0.1, 0.15) is 0 Å². The normalized spacial score (nSPS) is 23.7. The fourth-order valence-corrected chi connectivity index (χ4v) is 4.03. The van der Waals surface area contributed by atoms with Crippen LogP contribution in [0.2, 0.25) is 0 Å². The Kier molecular flexibility index (Phi) is 4.74. The molecule has 2 atom stereocenters. The Morgan fingerprint density at radius 1 is 1.38 bits per heavy atom. The number of likely N-dealkylation sites (tertiary alicyclic amines) is 1. The van der Waals surface area contributed by atoms with Gasteiger partial charge in [0, 0.05) is 57.4 Å². The van der Waals surface area contributed by atoms with Crippen LogP contribution in [0.15, 0.2) is 30.7 Å². The topological polar surface area (TPSA) is 63.5 Å². The van der Waals surface area contributed by atoms with Crippen molar-refractivity contribution in [3.63, 3.8) is 0 Å². The molecule has 2 aromatic rings. The number of nitrogens with zero attached hydrogens (tertiary/aromatic N) is 5. The monoisotopic (exact) mass is 355 g/mol. The van der Waals surface area contributed by atoms with Crippen LogP contribution >= 0.6 is 0 Å². The first kappa shape index (κ1) is 17.2. The van der Waals surface area contributed by atoms with Gasteiger partial charge in [0.2, 0.25) is 0 Å². The Bertz CT molecular complexity index is 775. The van der Waals surface area contributed by atoms with Crippen LogP contribution in [0.4, 0.5) is 0 Å². The Morgan fingerprint density at radius 3 is 3.00 bits per heavy atom. The number of carbonyl (C=O) groups excluding carboxylic acids is 1. The number of fused-ring (bicyclic) bond motifs is 1. The highest BCUT2D eigenvalue weighted by molar-refractivity contribution is 5.94. The maximum Gasteiger partial charge on any atom is 0.255 e. The maximum absolute atomic E-state index is 13.0. The number of rotatable bonds is 3. The van der Waals surface area contributed by atoms with Crippen molar-refractivity contribution < 1.29 is 9.53 Å². The summed E-state index contributed by atoms with van der Waals surface area (Å²) in [5, 5.41) is 4.43. The zero-order chi connectivity index (χ0) is 18.1. The van der Waals surface area contributed by atoms with Crippen molar-refractivity contribution >= 4 is 5.91 Å². The van der Waals surface area contributed by atoms with Gasteiger partial charge in [0.15, 0.2) is 0 Å². The third-order valence-corrected chi connectivity index (χ3v) is 5.35. The molecule has 1 amide bonds. The lowest BCUT2D eigenvalue weighted by molar-refractivity contribution is -0.0914. The van der Waals surface area contributed by atoms with Gasteiger partial charge in [-0.2, -0.15) is 5.10 Å². The fourth-order valence-electron chi connectivity index (χ4n) is 4.03. The number of amides is 1. The molecule has 138 valence electrons. The van der Waals surface area contributed by atoms with E-state index < -0.39 is 0 Å². The molecule has 4 heterocycles. The summed E-state index contributed by atoms with van der Waals surface area (Å²) in [5.41, 5.74) is 2.96. The minimum atomic E-state index is 0.0517. The summed E-state index contributed by atoms with van der Waals surface area (Å²) in [6.07, 6.45) is 6.48. The summed E-state index contributed by atoms with van der Waals surface area (Å²) in [6, 6.07) is 3.73. The number of pyridine rings is 1. The molecule has 2 fully saturated rings. The lowest BCUT2D eigenvalue weighted by atomic mass is 9.97. The van der Waals surface area contributed by atoms with Gasteiger partial charge in [-0.05, 0) is 25.5 Å². The Hall–Kier alpha value is -2.25. The van der Waals surface area contributed by atoms with Crippen molar-refractivity contribution in [3.05, 3.63) is 47.5 Å². The number of hydrogen-bond acceptors (Lipinski definition) is 5. The van der Waals surface area contributed by atoms with Crippen LogP contribution in [0.3, 0.4) is 0 Å². The third-order valence-electron chi connectivity index (χ3n) is 5.35. The van der Waals surface area contributed by atoms with Crippen LogP contribution in [-0.2, 0) is 18.3 Å². The minimum Gasteiger partial charge on any atom is -0.374 e. The predicted octanol–water partition coefficient (Wildman–Crippen LogP) is 1.24. The fraction of sp³-hybridized carbons (Fsp3) is 0.526. The molecule has 0 bridgehead atoms. The van der Waals surface area contributed by atoms with E-state index >= 15 is 0 Å². The van der Waals surface area contributed by atoms with E-state index in [0.29, 0.717) is 18.7 Å². The van der Waals surface area contributed by atoms with Crippen LogP contribution in [0, 0.1) is 6.92 Å². The average molecular weight is 355 g/mol. The number of morpholine rings is 1. The molecule has 0 aliphatic carbocycles. The van der Waals surface area contributed by atoms with E-state index in [2.05, 4.69) is 21.2 Å². The molecule has 7 heteroatoms. The van der Waals surface area contributed by atoms with Gasteiger partial charge in [-0.3, -0.25) is 19.4 Å². The molecule has 4 rings (SSSR count). The molecule has 0 aromatic carbocycles. The summed E-state index contributed by atoms with van der Waals surface area (Å²) in [7, 11) is 1.95. The van der Waals surface area contributed by atoms with E-state index in [9.17, 15) is 4.79 Å². The second kappa shape index (κ2) is 7.17. The molecule has 2 saturated heterocycles. The number of carbonyl (C=O) groups is 1. The largest absolute Gasteiger partial charge is 0.374 e. The zero-order valence-electron chi connectivity index (χ0n) is 15.3. The van der Waals surface area contributed by atoms with E-state index in [-0.39, 0.29) is 18.1 Å². The highest BCUT2D eigenvalue weighted by atomic mass is 16.5. The van der Waals surface area contributed by atoms with E-state index in [1.165, 1.54) is 5.56 Å². The number of ether oxygens (including phenoxy) is 1. The molecule has 0 N–H and O–H groups in total. The molecule has 2 aliphatic heterocycles. The molecule has 0 radical (unpaired) electrons. The maximum atomic E-state index is 13.0. The van der Waals surface area contributed by atoms with Crippen molar-refractivity contribution in [1.82, 2.24) is 24.6 Å². The Balaban J connectivity index is 1.50. The van der Waals surface area contributed by atoms with E-state index in [1.54, 1.807) is 12.4 Å². The number of aryl methyl sites for hydroxylation is 2. The summed E-state index contributed by atoms with van der Waals surface area (Å²) in [4.78, 5) is 21.5. The number of aromatic nitrogens is 3. The molecule has 0 saturated carbocycles. The molecule has 0 spiro atoms. The highest BCUT2D eigenvalue weighted by Gasteiger charge is 2.39. The molecule has 0 unspecified atom stereocenters. The van der Waals surface area contributed by atoms with Crippen LogP contribution < -0.4 is 0 Å². The first-order valence-electron chi connectivity index (χ1n) is 9.16. The van der Waals surface area contributed by atoms with Gasteiger partial charge in [-0.1, -0.05) is 0 Å². The van der Waals surface area contributed by atoms with Crippen molar-refractivity contribution in [1.29, 1.82) is 0 Å². The number of hydrogen-bond donors (Lipinski definition) is 0. The number of piperidine rings is 1. The molecule has 2 aromatic heterocycles. The van der Waals surface area contributed by atoms with Crippen molar-refractivity contribution in [3.8, 4) is 0 Å². The van der Waals surface area contributed by atoms with Crippen molar-refractivity contribution in [2.75, 3.05) is 26.2 Å². The standard InChI is InChI=1S/C19H25N5O2/c1-14-16(11-22(2)21-14)12-23-7-5-18-17(13-23)24(8-9-26-18)19(25)15-4-3-6-20-10-15/h3-4,6,10-11,17-18H,5,7-9,12-13H2,1-2H3/t17-,18-/m1/s1. The summed E-state index contributed by atoms with van der Waals surface area (Å²) >= 11 is 0. The van der Waals surface area contributed by atoms with E-state index in [1.807, 2.05) is 35.7 Å². The summed E-state index contributed by atoms with van der Waals surface area (Å²) < 4.78 is 7.83. The predicted molar refractivity (Wildman–Crippen MR) is 96.6 cm³/mol. The van der Waals surface area contributed by atoms with Gasteiger partial charge in [-0.25, -0.2) is 0 Å².